The Hall–Kier alpha value is -3.50. The number of carbonyl (C=O) groups excluding carboxylic acids is 1. The molecule has 0 saturated heterocycles. The van der Waals surface area contributed by atoms with Gasteiger partial charge in [0, 0.05) is 17.0 Å². The molecule has 3 N–H and O–H groups in total. The van der Waals surface area contributed by atoms with Crippen molar-refractivity contribution in [3.63, 3.8) is 0 Å². The molecule has 158 valence electrons. The fourth-order valence-electron chi connectivity index (χ4n) is 2.57. The quantitative estimate of drug-likeness (QED) is 0.329. The van der Waals surface area contributed by atoms with Gasteiger partial charge < -0.3 is 10.6 Å². The molecule has 0 unspecified atom stereocenters. The Morgan fingerprint density at radius 1 is 1.10 bits per heavy atom. The van der Waals surface area contributed by atoms with Gasteiger partial charge in [-0.25, -0.2) is 8.78 Å². The number of aromatic amines is 1. The number of nitrogens with zero attached hydrogens (tertiary/aromatic N) is 2. The summed E-state index contributed by atoms with van der Waals surface area (Å²) < 4.78 is 65.1. The number of hydrogen-bond acceptors (Lipinski definition) is 2. The first-order valence-electron chi connectivity index (χ1n) is 8.71. The van der Waals surface area contributed by atoms with Gasteiger partial charge in [-0.05, 0) is 50.2 Å². The Labute approximate surface area is 167 Å². The zero-order valence-corrected chi connectivity index (χ0v) is 15.7. The zero-order chi connectivity index (χ0) is 22.1. The zero-order valence-electron chi connectivity index (χ0n) is 15.7. The van der Waals surface area contributed by atoms with E-state index < -0.39 is 29.3 Å². The van der Waals surface area contributed by atoms with Gasteiger partial charge >= 0.3 is 6.18 Å². The summed E-state index contributed by atoms with van der Waals surface area (Å²) in [7, 11) is 0. The normalized spacial score (nSPS) is 12.5. The number of hydrogen-bond donors (Lipinski definition) is 3. The number of alkyl halides is 3. The Morgan fingerprint density at radius 2 is 1.83 bits per heavy atom. The summed E-state index contributed by atoms with van der Waals surface area (Å²) in [5, 5.41) is 12.4. The van der Waals surface area contributed by atoms with Crippen molar-refractivity contribution in [3.05, 3.63) is 59.2 Å². The molecule has 3 rings (SSSR count). The van der Waals surface area contributed by atoms with E-state index in [1.807, 2.05) is 0 Å². The summed E-state index contributed by atoms with van der Waals surface area (Å²) in [6.07, 6.45) is -4.50. The highest BCUT2D eigenvalue weighted by Crippen LogP contribution is 2.32. The van der Waals surface area contributed by atoms with Crippen LogP contribution in [0.2, 0.25) is 0 Å². The standard InChI is InChI=1S/C19H16F5N5O/c1-9(2)25-18(27-17(30)10-3-6-13(20)14(21)7-10)26-16-12-5-4-11(19(22,23)24)8-15(12)28-29-16/h3-9H,1-2H3,(H3,25,26,27,28,29,30). The van der Waals surface area contributed by atoms with E-state index >= 15 is 0 Å². The molecule has 1 heterocycles. The van der Waals surface area contributed by atoms with Gasteiger partial charge in [0.2, 0.25) is 5.96 Å². The molecule has 0 fully saturated rings. The summed E-state index contributed by atoms with van der Waals surface area (Å²) in [6.45, 7) is 3.52. The Kier molecular flexibility index (Phi) is 5.72. The van der Waals surface area contributed by atoms with Crippen molar-refractivity contribution in [1.29, 1.82) is 0 Å². The number of aromatic nitrogens is 2. The van der Waals surface area contributed by atoms with E-state index in [9.17, 15) is 26.7 Å². The molecular formula is C19H16F5N5O. The molecule has 6 nitrogen and oxygen atoms in total. The van der Waals surface area contributed by atoms with Gasteiger partial charge in [-0.15, -0.1) is 0 Å². The first-order chi connectivity index (χ1) is 14.0. The topological polar surface area (TPSA) is 82.2 Å². The number of carbonyl (C=O) groups is 1. The first kappa shape index (κ1) is 21.2. The third kappa shape index (κ3) is 4.73. The summed E-state index contributed by atoms with van der Waals surface area (Å²) in [5.41, 5.74) is -0.892. The van der Waals surface area contributed by atoms with E-state index in [0.29, 0.717) is 5.39 Å². The predicted octanol–water partition coefficient (Wildman–Crippen LogP) is 4.47. The largest absolute Gasteiger partial charge is 0.416 e. The lowest BCUT2D eigenvalue weighted by Crippen LogP contribution is -2.36. The van der Waals surface area contributed by atoms with Crippen molar-refractivity contribution in [2.45, 2.75) is 26.1 Å². The van der Waals surface area contributed by atoms with Crippen LogP contribution in [-0.2, 0) is 6.18 Å². The Bertz CT molecular complexity index is 1120. The van der Waals surface area contributed by atoms with Gasteiger partial charge in [-0.3, -0.25) is 9.89 Å². The van der Waals surface area contributed by atoms with Gasteiger partial charge in [0.15, 0.2) is 17.5 Å². The van der Waals surface area contributed by atoms with Crippen LogP contribution in [0.15, 0.2) is 41.4 Å². The summed E-state index contributed by atoms with van der Waals surface area (Å²) in [5.74, 6) is -3.09. The molecule has 1 aromatic heterocycles. The average molecular weight is 425 g/mol. The number of halogens is 5. The number of rotatable bonds is 3. The van der Waals surface area contributed by atoms with Crippen LogP contribution in [0.3, 0.4) is 0 Å². The molecule has 0 aliphatic heterocycles. The number of fused-ring (bicyclic) bond motifs is 1. The van der Waals surface area contributed by atoms with Crippen molar-refractivity contribution >= 4 is 28.6 Å². The summed E-state index contributed by atoms with van der Waals surface area (Å²) in [6, 6.07) is 5.47. The van der Waals surface area contributed by atoms with E-state index in [1.54, 1.807) is 13.8 Å². The molecule has 30 heavy (non-hydrogen) atoms. The lowest BCUT2D eigenvalue weighted by Gasteiger charge is -2.13. The second-order valence-corrected chi connectivity index (χ2v) is 6.65. The molecule has 0 aliphatic carbocycles. The fourth-order valence-corrected chi connectivity index (χ4v) is 2.57. The predicted molar refractivity (Wildman–Crippen MR) is 101 cm³/mol. The molecule has 11 heteroatoms. The highest BCUT2D eigenvalue weighted by Gasteiger charge is 2.31. The maximum Gasteiger partial charge on any atom is 0.416 e. The van der Waals surface area contributed by atoms with Crippen molar-refractivity contribution < 1.29 is 26.7 Å². The van der Waals surface area contributed by atoms with Crippen LogP contribution < -0.4 is 10.6 Å². The monoisotopic (exact) mass is 425 g/mol. The molecule has 0 spiro atoms. The minimum atomic E-state index is -4.50. The number of benzene rings is 2. The fraction of sp³-hybridized carbons (Fsp3) is 0.211. The van der Waals surface area contributed by atoms with E-state index in [4.69, 9.17) is 0 Å². The minimum absolute atomic E-state index is 0.0620. The van der Waals surface area contributed by atoms with E-state index in [2.05, 4.69) is 25.8 Å². The minimum Gasteiger partial charge on any atom is -0.354 e. The molecule has 0 saturated carbocycles. The lowest BCUT2D eigenvalue weighted by molar-refractivity contribution is -0.137. The molecule has 3 aromatic rings. The number of aliphatic imine (C=N–C) groups is 1. The third-order valence-electron chi connectivity index (χ3n) is 3.93. The Morgan fingerprint density at radius 3 is 2.47 bits per heavy atom. The number of H-pyrrole nitrogens is 1. The van der Waals surface area contributed by atoms with Gasteiger partial charge in [0.1, 0.15) is 0 Å². The summed E-state index contributed by atoms with van der Waals surface area (Å²) in [4.78, 5) is 16.2. The second-order valence-electron chi connectivity index (χ2n) is 6.65. The molecule has 0 radical (unpaired) electrons. The number of anilines is 1. The van der Waals surface area contributed by atoms with Crippen molar-refractivity contribution in [2.24, 2.45) is 4.99 Å². The number of amides is 1. The van der Waals surface area contributed by atoms with Crippen LogP contribution in [0.4, 0.5) is 27.8 Å². The second kappa shape index (κ2) is 8.09. The maximum atomic E-state index is 13.4. The number of nitrogens with one attached hydrogen (secondary N) is 3. The van der Waals surface area contributed by atoms with E-state index in [-0.39, 0.29) is 28.9 Å². The van der Waals surface area contributed by atoms with Crippen molar-refractivity contribution in [2.75, 3.05) is 5.32 Å². The molecule has 0 aliphatic rings. The van der Waals surface area contributed by atoms with Crippen molar-refractivity contribution in [1.82, 2.24) is 15.5 Å². The average Bonchev–Trinajstić information content (AvgIpc) is 3.04. The Balaban J connectivity index is 1.92. The van der Waals surface area contributed by atoms with Gasteiger partial charge in [0.25, 0.3) is 5.91 Å². The third-order valence-corrected chi connectivity index (χ3v) is 3.93. The first-order valence-corrected chi connectivity index (χ1v) is 8.71. The van der Waals surface area contributed by atoms with Crippen molar-refractivity contribution in [3.8, 4) is 0 Å². The van der Waals surface area contributed by atoms with Gasteiger partial charge in [-0.2, -0.15) is 23.3 Å². The van der Waals surface area contributed by atoms with Crippen LogP contribution in [0, 0.1) is 11.6 Å². The lowest BCUT2D eigenvalue weighted by atomic mass is 10.1. The van der Waals surface area contributed by atoms with Crippen LogP contribution >= 0.6 is 0 Å². The highest BCUT2D eigenvalue weighted by molar-refractivity contribution is 6.08. The number of guanidine groups is 1. The SMILES string of the molecule is CC(C)N/C(=N/C(=O)c1ccc(F)c(F)c1)Nc1n[nH]c2cc(C(F)(F)F)ccc12. The van der Waals surface area contributed by atoms with Crippen LogP contribution in [0.1, 0.15) is 29.8 Å². The molecular weight excluding hydrogens is 409 g/mol. The summed E-state index contributed by atoms with van der Waals surface area (Å²) >= 11 is 0. The molecule has 0 atom stereocenters. The highest BCUT2D eigenvalue weighted by atomic mass is 19.4. The van der Waals surface area contributed by atoms with Crippen LogP contribution in [0.5, 0.6) is 0 Å². The van der Waals surface area contributed by atoms with E-state index in [0.717, 1.165) is 30.3 Å². The van der Waals surface area contributed by atoms with Gasteiger partial charge in [-0.1, -0.05) is 0 Å². The smallest absolute Gasteiger partial charge is 0.354 e. The van der Waals surface area contributed by atoms with Crippen LogP contribution in [0.25, 0.3) is 10.9 Å². The van der Waals surface area contributed by atoms with E-state index in [1.165, 1.54) is 6.07 Å². The van der Waals surface area contributed by atoms with Crippen LogP contribution in [-0.4, -0.2) is 28.1 Å². The molecule has 1 amide bonds. The maximum absolute atomic E-state index is 13.4. The molecule has 2 aromatic carbocycles. The molecule has 0 bridgehead atoms. The van der Waals surface area contributed by atoms with Gasteiger partial charge in [0.05, 0.1) is 11.1 Å².